The number of rotatable bonds is 6. The minimum Gasteiger partial charge on any atom is -0.492 e. The maximum Gasteiger partial charge on any atom is 0.264 e. The molecule has 2 aromatic carbocycles. The van der Waals surface area contributed by atoms with Crippen molar-refractivity contribution >= 4 is 27.3 Å². The van der Waals surface area contributed by atoms with Gasteiger partial charge >= 0.3 is 0 Å². The molecule has 154 valence electrons. The third-order valence-electron chi connectivity index (χ3n) is 5.59. The van der Waals surface area contributed by atoms with E-state index in [0.717, 1.165) is 24.1 Å². The average molecular weight is 415 g/mol. The van der Waals surface area contributed by atoms with Gasteiger partial charge in [-0.15, -0.1) is 0 Å². The van der Waals surface area contributed by atoms with Crippen molar-refractivity contribution in [3.05, 3.63) is 48.0 Å². The number of ether oxygens (including phenoxy) is 1. The second-order valence-corrected chi connectivity index (χ2v) is 9.67. The number of carbonyl (C=O) groups is 1. The number of fused-ring (bicyclic) bond motifs is 1. The Balaban J connectivity index is 1.67. The fourth-order valence-electron chi connectivity index (χ4n) is 3.91. The molecule has 2 aliphatic rings. The molecule has 1 amide bonds. The lowest BCUT2D eigenvalue weighted by Gasteiger charge is -2.24. The largest absolute Gasteiger partial charge is 0.492 e. The Bertz CT molecular complexity index is 1050. The fraction of sp³-hybridized carbons (Fsp3) is 0.409. The van der Waals surface area contributed by atoms with Gasteiger partial charge < -0.3 is 9.64 Å². The monoisotopic (exact) mass is 414 g/mol. The van der Waals surface area contributed by atoms with Crippen molar-refractivity contribution in [2.24, 2.45) is 5.92 Å². The molecule has 6 nitrogen and oxygen atoms in total. The highest BCUT2D eigenvalue weighted by Gasteiger charge is 2.40. The van der Waals surface area contributed by atoms with E-state index in [0.29, 0.717) is 24.5 Å². The second-order valence-electron chi connectivity index (χ2n) is 7.70. The van der Waals surface area contributed by atoms with E-state index >= 15 is 0 Å². The molecule has 1 saturated carbocycles. The highest BCUT2D eigenvalue weighted by Crippen LogP contribution is 2.40. The minimum atomic E-state index is -3.76. The number of nitrogens with zero attached hydrogens (tertiary/aromatic N) is 2. The van der Waals surface area contributed by atoms with Gasteiger partial charge in [0.15, 0.2) is 0 Å². The van der Waals surface area contributed by atoms with E-state index in [-0.39, 0.29) is 22.8 Å². The Hall–Kier alpha value is -2.54. The average Bonchev–Trinajstić information content (AvgIpc) is 3.49. The van der Waals surface area contributed by atoms with Crippen LogP contribution in [0.3, 0.4) is 0 Å². The first-order chi connectivity index (χ1) is 13.8. The molecule has 0 radical (unpaired) electrons. The molecular formula is C22H26N2O4S. The molecular weight excluding hydrogens is 388 g/mol. The number of amides is 1. The van der Waals surface area contributed by atoms with Crippen LogP contribution in [0.5, 0.6) is 5.75 Å². The molecule has 1 atom stereocenters. The lowest BCUT2D eigenvalue weighted by atomic mass is 10.1. The maximum atomic E-state index is 13.3. The van der Waals surface area contributed by atoms with Crippen molar-refractivity contribution in [2.75, 3.05) is 22.9 Å². The van der Waals surface area contributed by atoms with Crippen molar-refractivity contribution in [3.8, 4) is 5.75 Å². The molecule has 0 N–H and O–H groups in total. The fourth-order valence-corrected chi connectivity index (χ4v) is 5.17. The molecule has 1 fully saturated rings. The lowest BCUT2D eigenvalue weighted by molar-refractivity contribution is -0.120. The van der Waals surface area contributed by atoms with Crippen molar-refractivity contribution in [1.82, 2.24) is 0 Å². The summed E-state index contributed by atoms with van der Waals surface area (Å²) in [6.45, 7) is 4.33. The highest BCUT2D eigenvalue weighted by molar-refractivity contribution is 7.92. The highest BCUT2D eigenvalue weighted by atomic mass is 32.2. The first-order valence-electron chi connectivity index (χ1n) is 10.0. The van der Waals surface area contributed by atoms with Crippen LogP contribution in [0.2, 0.25) is 0 Å². The van der Waals surface area contributed by atoms with E-state index in [4.69, 9.17) is 4.74 Å². The minimum absolute atomic E-state index is 0.0486. The molecule has 1 aliphatic heterocycles. The van der Waals surface area contributed by atoms with Gasteiger partial charge in [0.05, 0.1) is 17.2 Å². The predicted octanol–water partition coefficient (Wildman–Crippen LogP) is 3.60. The van der Waals surface area contributed by atoms with Gasteiger partial charge in [0, 0.05) is 24.7 Å². The number of carbonyl (C=O) groups excluding carboxylic acids is 1. The molecule has 0 spiro atoms. The van der Waals surface area contributed by atoms with Gasteiger partial charge in [-0.25, -0.2) is 8.42 Å². The summed E-state index contributed by atoms with van der Waals surface area (Å²) >= 11 is 0. The topological polar surface area (TPSA) is 66.9 Å². The molecule has 0 saturated heterocycles. The Morgan fingerprint density at radius 2 is 1.93 bits per heavy atom. The van der Waals surface area contributed by atoms with E-state index in [9.17, 15) is 13.2 Å². The van der Waals surface area contributed by atoms with Crippen LogP contribution in [0.4, 0.5) is 11.4 Å². The Morgan fingerprint density at radius 3 is 2.62 bits per heavy atom. The van der Waals surface area contributed by atoms with Gasteiger partial charge in [0.2, 0.25) is 5.91 Å². The van der Waals surface area contributed by atoms with Gasteiger partial charge in [0.1, 0.15) is 5.75 Å². The van der Waals surface area contributed by atoms with Gasteiger partial charge in [-0.3, -0.25) is 9.10 Å². The van der Waals surface area contributed by atoms with Crippen molar-refractivity contribution in [3.63, 3.8) is 0 Å². The molecule has 4 rings (SSSR count). The Labute approximate surface area is 172 Å². The van der Waals surface area contributed by atoms with E-state index in [2.05, 4.69) is 0 Å². The van der Waals surface area contributed by atoms with Crippen LogP contribution in [-0.2, 0) is 21.2 Å². The van der Waals surface area contributed by atoms with Gasteiger partial charge in [-0.2, -0.15) is 0 Å². The van der Waals surface area contributed by atoms with Crippen LogP contribution in [-0.4, -0.2) is 34.0 Å². The quantitative estimate of drug-likeness (QED) is 0.724. The number of anilines is 2. The maximum absolute atomic E-state index is 13.3. The van der Waals surface area contributed by atoms with Gasteiger partial charge in [-0.05, 0) is 69.0 Å². The zero-order chi connectivity index (χ0) is 20.8. The van der Waals surface area contributed by atoms with E-state index in [1.54, 1.807) is 36.4 Å². The SMILES string of the molecule is CCOc1ccccc1N(C)S(=O)(=O)c1ccc2c(c1)C[C@H](C)N2C(=O)C1CC1. The van der Waals surface area contributed by atoms with Gasteiger partial charge in [0.25, 0.3) is 10.0 Å². The third-order valence-corrected chi connectivity index (χ3v) is 7.36. The van der Waals surface area contributed by atoms with Gasteiger partial charge in [-0.1, -0.05) is 12.1 Å². The molecule has 1 heterocycles. The van der Waals surface area contributed by atoms with Crippen LogP contribution < -0.4 is 13.9 Å². The zero-order valence-electron chi connectivity index (χ0n) is 17.0. The first-order valence-corrected chi connectivity index (χ1v) is 11.5. The van der Waals surface area contributed by atoms with E-state index in [1.807, 2.05) is 24.8 Å². The summed E-state index contributed by atoms with van der Waals surface area (Å²) in [7, 11) is -2.23. The summed E-state index contributed by atoms with van der Waals surface area (Å²) < 4.78 is 33.4. The summed E-state index contributed by atoms with van der Waals surface area (Å²) in [5, 5.41) is 0. The van der Waals surface area contributed by atoms with Crippen LogP contribution >= 0.6 is 0 Å². The number of sulfonamides is 1. The third kappa shape index (κ3) is 3.48. The molecule has 0 unspecified atom stereocenters. The molecule has 0 aromatic heterocycles. The Kier molecular flexibility index (Phi) is 5.02. The standard InChI is InChI=1S/C22H26N2O4S/c1-4-28-21-8-6-5-7-20(21)23(3)29(26,27)18-11-12-19-17(14-18)13-15(2)24(19)22(25)16-9-10-16/h5-8,11-12,14-16H,4,9-10,13H2,1-3H3/t15-/m0/s1. The molecule has 29 heavy (non-hydrogen) atoms. The Morgan fingerprint density at radius 1 is 1.21 bits per heavy atom. The molecule has 7 heteroatoms. The summed E-state index contributed by atoms with van der Waals surface area (Å²) in [6.07, 6.45) is 2.57. The van der Waals surface area contributed by atoms with Crippen LogP contribution in [0.1, 0.15) is 32.3 Å². The van der Waals surface area contributed by atoms with Crippen molar-refractivity contribution < 1.29 is 17.9 Å². The summed E-state index contributed by atoms with van der Waals surface area (Å²) in [4.78, 5) is 14.7. The van der Waals surface area contributed by atoms with Crippen LogP contribution in [0, 0.1) is 5.92 Å². The normalized spacial score (nSPS) is 18.4. The van der Waals surface area contributed by atoms with Crippen LogP contribution in [0.25, 0.3) is 0 Å². The zero-order valence-corrected chi connectivity index (χ0v) is 17.8. The lowest BCUT2D eigenvalue weighted by Crippen LogP contribution is -2.36. The van der Waals surface area contributed by atoms with Crippen molar-refractivity contribution in [1.29, 1.82) is 0 Å². The van der Waals surface area contributed by atoms with Crippen molar-refractivity contribution in [2.45, 2.75) is 44.0 Å². The number of hydrogen-bond donors (Lipinski definition) is 0. The van der Waals surface area contributed by atoms with Crippen LogP contribution in [0.15, 0.2) is 47.4 Å². The second kappa shape index (κ2) is 7.37. The molecule has 2 aromatic rings. The first kappa shape index (κ1) is 19.8. The molecule has 0 bridgehead atoms. The number of hydrogen-bond acceptors (Lipinski definition) is 4. The summed E-state index contributed by atoms with van der Waals surface area (Å²) in [5.74, 6) is 0.819. The predicted molar refractivity (Wildman–Crippen MR) is 113 cm³/mol. The summed E-state index contributed by atoms with van der Waals surface area (Å²) in [6, 6.07) is 12.2. The van der Waals surface area contributed by atoms with E-state index < -0.39 is 10.0 Å². The van der Waals surface area contributed by atoms with E-state index in [1.165, 1.54) is 11.4 Å². The number of benzene rings is 2. The number of para-hydroxylation sites is 2. The summed E-state index contributed by atoms with van der Waals surface area (Å²) in [5.41, 5.74) is 2.23. The molecule has 1 aliphatic carbocycles. The smallest absolute Gasteiger partial charge is 0.264 e.